The zero-order valence-electron chi connectivity index (χ0n) is 19.7. The molecule has 0 aromatic heterocycles. The smallest absolute Gasteiger partial charge is 0.292 e. The summed E-state index contributed by atoms with van der Waals surface area (Å²) < 4.78 is 16.4. The summed E-state index contributed by atoms with van der Waals surface area (Å²) in [6.45, 7) is 8.62. The van der Waals surface area contributed by atoms with Crippen molar-refractivity contribution in [3.8, 4) is 29.6 Å². The fourth-order valence-electron chi connectivity index (χ4n) is 3.75. The van der Waals surface area contributed by atoms with Gasteiger partial charge in [-0.05, 0) is 54.3 Å². The summed E-state index contributed by atoms with van der Waals surface area (Å²) >= 11 is 0. The molecule has 5 nitrogen and oxygen atoms in total. The number of nitrogens with zero attached hydrogens (tertiary/aromatic N) is 2. The number of rotatable bonds is 8. The molecule has 33 heavy (non-hydrogen) atoms. The lowest BCUT2D eigenvalue weighted by atomic mass is 9.77. The molecular formula is C28H28N2O3. The summed E-state index contributed by atoms with van der Waals surface area (Å²) in [5, 5.41) is 17.9. The van der Waals surface area contributed by atoms with Crippen LogP contribution in [0.3, 0.4) is 0 Å². The van der Waals surface area contributed by atoms with Crippen LogP contribution in [-0.2, 0) is 15.8 Å². The maximum absolute atomic E-state index is 9.26. The van der Waals surface area contributed by atoms with Gasteiger partial charge in [0.25, 0.3) is 6.26 Å². The van der Waals surface area contributed by atoms with Crippen molar-refractivity contribution >= 4 is 0 Å². The molecule has 0 N–H and O–H groups in total. The minimum atomic E-state index is -0.286. The largest absolute Gasteiger partial charge is 0.457 e. The van der Waals surface area contributed by atoms with Gasteiger partial charge in [0, 0.05) is 18.6 Å². The second-order valence-corrected chi connectivity index (χ2v) is 8.58. The Morgan fingerprint density at radius 2 is 1.33 bits per heavy atom. The molecule has 0 fully saturated rings. The van der Waals surface area contributed by atoms with Crippen LogP contribution in [0.1, 0.15) is 56.4 Å². The molecule has 3 aromatic rings. The molecule has 0 spiro atoms. The molecule has 0 saturated carbocycles. The average molecular weight is 441 g/mol. The molecule has 0 saturated heterocycles. The Bertz CT molecular complexity index is 1180. The molecule has 3 aromatic carbocycles. The minimum absolute atomic E-state index is 0.197. The van der Waals surface area contributed by atoms with E-state index in [0.717, 1.165) is 12.0 Å². The Morgan fingerprint density at radius 1 is 0.788 bits per heavy atom. The maximum Gasteiger partial charge on any atom is 0.292 e. The molecule has 0 bridgehead atoms. The van der Waals surface area contributed by atoms with Gasteiger partial charge in [0.05, 0.1) is 11.2 Å². The van der Waals surface area contributed by atoms with Gasteiger partial charge >= 0.3 is 0 Å². The van der Waals surface area contributed by atoms with Crippen LogP contribution in [0.25, 0.3) is 0 Å². The van der Waals surface area contributed by atoms with E-state index in [2.05, 4.69) is 52.0 Å². The van der Waals surface area contributed by atoms with Gasteiger partial charge in [0.15, 0.2) is 5.75 Å². The quantitative estimate of drug-likeness (QED) is 0.360. The number of benzene rings is 3. The third kappa shape index (κ3) is 5.00. The second kappa shape index (κ2) is 9.77. The first-order chi connectivity index (χ1) is 15.8. The van der Waals surface area contributed by atoms with Crippen molar-refractivity contribution in [3.05, 3.63) is 89.0 Å². The predicted octanol–water partition coefficient (Wildman–Crippen LogP) is 6.81. The van der Waals surface area contributed by atoms with E-state index >= 15 is 0 Å². The molecule has 0 aliphatic heterocycles. The first-order valence-electron chi connectivity index (χ1n) is 10.8. The van der Waals surface area contributed by atoms with E-state index in [9.17, 15) is 5.26 Å². The van der Waals surface area contributed by atoms with Crippen LogP contribution in [-0.4, -0.2) is 7.11 Å². The fourth-order valence-corrected chi connectivity index (χ4v) is 3.75. The molecule has 0 aliphatic rings. The Balaban J connectivity index is 1.79. The molecule has 0 aliphatic carbocycles. The van der Waals surface area contributed by atoms with Gasteiger partial charge in [-0.2, -0.15) is 5.26 Å². The summed E-state index contributed by atoms with van der Waals surface area (Å²) in [5.74, 6) is 1.36. The molecule has 0 radical (unpaired) electrons. The lowest BCUT2D eigenvalue weighted by Crippen LogP contribution is -2.24. The van der Waals surface area contributed by atoms with Crippen molar-refractivity contribution in [3.63, 3.8) is 0 Å². The van der Waals surface area contributed by atoms with Crippen molar-refractivity contribution in [1.82, 2.24) is 0 Å². The van der Waals surface area contributed by atoms with Crippen molar-refractivity contribution in [2.45, 2.75) is 45.1 Å². The lowest BCUT2D eigenvalue weighted by molar-refractivity contribution is -0.00141. The summed E-state index contributed by atoms with van der Waals surface area (Å²) in [7, 11) is 1.75. The van der Waals surface area contributed by atoms with Crippen LogP contribution in [0.2, 0.25) is 0 Å². The van der Waals surface area contributed by atoms with Crippen LogP contribution in [0.5, 0.6) is 17.2 Å². The number of hydrogen-bond donors (Lipinski definition) is 0. The van der Waals surface area contributed by atoms with E-state index in [1.54, 1.807) is 31.6 Å². The maximum atomic E-state index is 9.26. The Hall–Kier alpha value is -3.80. The first-order valence-corrected chi connectivity index (χ1v) is 10.8. The monoisotopic (exact) mass is 440 g/mol. The molecule has 0 amide bonds. The standard InChI is InChI=1S/C28H28N2O3/c1-6-28(4,31-5)23-9-7-21(8-10-23)27(2,3)22-11-13-24(14-12-22)33-25-15-16-26(32-19-30)20(17-25)18-29/h7-17H,6H2,1-5H3. The minimum Gasteiger partial charge on any atom is -0.457 e. The third-order valence-electron chi connectivity index (χ3n) is 6.38. The second-order valence-electron chi connectivity index (χ2n) is 8.58. The molecule has 3 rings (SSSR count). The van der Waals surface area contributed by atoms with E-state index in [0.29, 0.717) is 11.5 Å². The van der Waals surface area contributed by atoms with Crippen molar-refractivity contribution in [1.29, 1.82) is 10.5 Å². The van der Waals surface area contributed by atoms with Crippen LogP contribution >= 0.6 is 0 Å². The topological polar surface area (TPSA) is 75.3 Å². The highest BCUT2D eigenvalue weighted by Crippen LogP contribution is 2.36. The van der Waals surface area contributed by atoms with Crippen LogP contribution in [0, 0.1) is 22.8 Å². The molecule has 1 unspecified atom stereocenters. The zero-order chi connectivity index (χ0) is 24.1. The summed E-state index contributed by atoms with van der Waals surface area (Å²) in [6.07, 6.45) is 2.48. The van der Waals surface area contributed by atoms with Crippen LogP contribution in [0.15, 0.2) is 66.7 Å². The highest BCUT2D eigenvalue weighted by Gasteiger charge is 2.27. The van der Waals surface area contributed by atoms with Gasteiger partial charge < -0.3 is 14.2 Å². The Kier molecular flexibility index (Phi) is 7.07. The van der Waals surface area contributed by atoms with Gasteiger partial charge in [-0.3, -0.25) is 0 Å². The summed E-state index contributed by atoms with van der Waals surface area (Å²) in [4.78, 5) is 0. The van der Waals surface area contributed by atoms with E-state index in [-0.39, 0.29) is 22.3 Å². The molecule has 0 heterocycles. The third-order valence-corrected chi connectivity index (χ3v) is 6.38. The fraction of sp³-hybridized carbons (Fsp3) is 0.286. The van der Waals surface area contributed by atoms with Crippen molar-refractivity contribution < 1.29 is 14.2 Å². The summed E-state index contributed by atoms with van der Waals surface area (Å²) in [6, 6.07) is 23.3. The van der Waals surface area contributed by atoms with Crippen LogP contribution in [0.4, 0.5) is 0 Å². The van der Waals surface area contributed by atoms with E-state index in [1.165, 1.54) is 11.1 Å². The average Bonchev–Trinajstić information content (AvgIpc) is 2.85. The van der Waals surface area contributed by atoms with Crippen molar-refractivity contribution in [2.75, 3.05) is 7.11 Å². The van der Waals surface area contributed by atoms with Gasteiger partial charge in [-0.15, -0.1) is 5.26 Å². The SMILES string of the molecule is CCC(C)(OC)c1ccc(C(C)(C)c2ccc(Oc3ccc(OC#N)c(C#N)c3)cc2)cc1. The van der Waals surface area contributed by atoms with Gasteiger partial charge in [-0.25, -0.2) is 0 Å². The van der Waals surface area contributed by atoms with Gasteiger partial charge in [0.1, 0.15) is 17.6 Å². The predicted molar refractivity (Wildman–Crippen MR) is 127 cm³/mol. The Morgan fingerprint density at radius 3 is 1.85 bits per heavy atom. The number of hydrogen-bond acceptors (Lipinski definition) is 5. The highest BCUT2D eigenvalue weighted by atomic mass is 16.5. The first kappa shape index (κ1) is 23.9. The molecule has 1 atom stereocenters. The number of methoxy groups -OCH3 is 1. The highest BCUT2D eigenvalue weighted by molar-refractivity contribution is 5.49. The molecule has 168 valence electrons. The summed E-state index contributed by atoms with van der Waals surface area (Å²) in [5.41, 5.74) is 3.29. The van der Waals surface area contributed by atoms with Gasteiger partial charge in [0.2, 0.25) is 0 Å². The van der Waals surface area contributed by atoms with Crippen molar-refractivity contribution in [2.24, 2.45) is 0 Å². The normalized spacial score (nSPS) is 12.8. The van der Waals surface area contributed by atoms with E-state index < -0.39 is 0 Å². The Labute approximate surface area is 195 Å². The van der Waals surface area contributed by atoms with E-state index in [4.69, 9.17) is 19.5 Å². The number of nitriles is 2. The molecular weight excluding hydrogens is 412 g/mol. The molecule has 5 heteroatoms. The van der Waals surface area contributed by atoms with Crippen LogP contribution < -0.4 is 9.47 Å². The lowest BCUT2D eigenvalue weighted by Gasteiger charge is -2.30. The van der Waals surface area contributed by atoms with E-state index in [1.807, 2.05) is 30.3 Å². The zero-order valence-corrected chi connectivity index (χ0v) is 19.7. The van der Waals surface area contributed by atoms with Gasteiger partial charge in [-0.1, -0.05) is 57.2 Å². The number of ether oxygens (including phenoxy) is 3.